The topological polar surface area (TPSA) is 118 Å². The quantitative estimate of drug-likeness (QED) is 0.339. The minimum Gasteiger partial charge on any atom is -0.459 e. The highest BCUT2D eigenvalue weighted by Gasteiger charge is 2.39. The van der Waals surface area contributed by atoms with E-state index in [4.69, 9.17) is 16.3 Å². The van der Waals surface area contributed by atoms with Crippen LogP contribution in [-0.2, 0) is 14.3 Å². The molecule has 0 fully saturated rings. The van der Waals surface area contributed by atoms with E-state index >= 15 is 0 Å². The van der Waals surface area contributed by atoms with E-state index in [2.05, 4.69) is 15.6 Å². The number of amides is 3. The second kappa shape index (κ2) is 10.3. The molecule has 0 atom stereocenters. The number of imide groups is 1. The zero-order chi connectivity index (χ0) is 26.0. The summed E-state index contributed by atoms with van der Waals surface area (Å²) in [5.41, 5.74) is 1.90. The Kier molecular flexibility index (Phi) is 7.18. The molecule has 0 unspecified atom stereocenters. The molecule has 2 N–H and O–H groups in total. The largest absolute Gasteiger partial charge is 0.459 e. The lowest BCUT2D eigenvalue weighted by Crippen LogP contribution is -2.32. The van der Waals surface area contributed by atoms with Crippen molar-refractivity contribution in [3.05, 3.63) is 81.5 Å². The van der Waals surface area contributed by atoms with Crippen LogP contribution in [0, 0.1) is 6.92 Å². The SMILES string of the molecule is Cc1csc(NC(=O)c2ccc(NC3=C(Cl)C(=O)N(c4cccc(C(=O)OC(C)C)c4)C3=O)cc2)n1. The van der Waals surface area contributed by atoms with Crippen LogP contribution < -0.4 is 15.5 Å². The zero-order valence-corrected chi connectivity index (χ0v) is 21.1. The molecule has 11 heteroatoms. The molecule has 1 aromatic heterocycles. The lowest BCUT2D eigenvalue weighted by molar-refractivity contribution is -0.120. The first kappa shape index (κ1) is 25.1. The average molecular weight is 525 g/mol. The number of ether oxygens (including phenoxy) is 1. The molecule has 9 nitrogen and oxygen atoms in total. The number of anilines is 3. The molecule has 1 aliphatic heterocycles. The predicted octanol–water partition coefficient (Wildman–Crippen LogP) is 4.70. The van der Waals surface area contributed by atoms with Crippen LogP contribution in [0.15, 0.2) is 64.6 Å². The maximum atomic E-state index is 13.1. The summed E-state index contributed by atoms with van der Waals surface area (Å²) >= 11 is 7.53. The van der Waals surface area contributed by atoms with Crippen molar-refractivity contribution >= 4 is 63.1 Å². The van der Waals surface area contributed by atoms with Crippen molar-refractivity contribution in [2.75, 3.05) is 15.5 Å². The molecule has 0 saturated heterocycles. The molecule has 2 heterocycles. The first-order chi connectivity index (χ1) is 17.1. The molecule has 184 valence electrons. The molecular formula is C25H21ClN4O5S. The molecule has 4 rings (SSSR count). The summed E-state index contributed by atoms with van der Waals surface area (Å²) in [6.45, 7) is 5.27. The van der Waals surface area contributed by atoms with Crippen LogP contribution in [-0.4, -0.2) is 34.8 Å². The van der Waals surface area contributed by atoms with E-state index < -0.39 is 17.8 Å². The van der Waals surface area contributed by atoms with Crippen molar-refractivity contribution in [2.45, 2.75) is 26.9 Å². The molecule has 0 saturated carbocycles. The number of carbonyl (C=O) groups is 4. The van der Waals surface area contributed by atoms with E-state index in [0.717, 1.165) is 10.6 Å². The Labute approximate surface area is 215 Å². The number of aromatic nitrogens is 1. The van der Waals surface area contributed by atoms with Crippen molar-refractivity contribution in [3.8, 4) is 0 Å². The number of nitrogens with zero attached hydrogens (tertiary/aromatic N) is 2. The highest BCUT2D eigenvalue weighted by atomic mass is 35.5. The highest BCUT2D eigenvalue weighted by molar-refractivity contribution is 7.13. The van der Waals surface area contributed by atoms with Gasteiger partial charge in [0.2, 0.25) is 0 Å². The Hall–Kier alpha value is -4.02. The molecule has 0 aliphatic carbocycles. The van der Waals surface area contributed by atoms with Gasteiger partial charge in [-0.2, -0.15) is 0 Å². The van der Waals surface area contributed by atoms with Crippen LogP contribution in [0.1, 0.15) is 40.3 Å². The minimum absolute atomic E-state index is 0.118. The van der Waals surface area contributed by atoms with Crippen molar-refractivity contribution in [2.24, 2.45) is 0 Å². The van der Waals surface area contributed by atoms with Crippen LogP contribution in [0.5, 0.6) is 0 Å². The zero-order valence-electron chi connectivity index (χ0n) is 19.5. The number of halogens is 1. The number of nitrogens with one attached hydrogen (secondary N) is 2. The van der Waals surface area contributed by atoms with Crippen molar-refractivity contribution in [3.63, 3.8) is 0 Å². The molecule has 3 amide bonds. The Balaban J connectivity index is 1.48. The maximum absolute atomic E-state index is 13.1. The second-order valence-corrected chi connectivity index (χ2v) is 9.33. The number of aryl methyl sites for hydroxylation is 1. The van der Waals surface area contributed by atoms with E-state index in [0.29, 0.717) is 16.4 Å². The number of carbonyl (C=O) groups excluding carboxylic acids is 4. The minimum atomic E-state index is -0.728. The molecule has 0 spiro atoms. The molecular weight excluding hydrogens is 504 g/mol. The summed E-state index contributed by atoms with van der Waals surface area (Å²) in [6.07, 6.45) is -0.322. The third-order valence-corrected chi connectivity index (χ3v) is 6.19. The van der Waals surface area contributed by atoms with Gasteiger partial charge in [-0.15, -0.1) is 11.3 Å². The van der Waals surface area contributed by atoms with E-state index in [-0.39, 0.29) is 34.0 Å². The van der Waals surface area contributed by atoms with Gasteiger partial charge in [0, 0.05) is 16.6 Å². The Morgan fingerprint density at radius 2 is 1.78 bits per heavy atom. The lowest BCUT2D eigenvalue weighted by atomic mass is 10.2. The van der Waals surface area contributed by atoms with E-state index in [9.17, 15) is 19.2 Å². The van der Waals surface area contributed by atoms with E-state index in [1.54, 1.807) is 44.2 Å². The van der Waals surface area contributed by atoms with Crippen molar-refractivity contribution in [1.29, 1.82) is 0 Å². The summed E-state index contributed by atoms with van der Waals surface area (Å²) in [6, 6.07) is 12.3. The fraction of sp³-hybridized carbons (Fsp3) is 0.160. The summed E-state index contributed by atoms with van der Waals surface area (Å²) < 4.78 is 5.18. The van der Waals surface area contributed by atoms with Gasteiger partial charge < -0.3 is 10.1 Å². The third kappa shape index (κ3) is 5.29. The first-order valence-electron chi connectivity index (χ1n) is 10.8. The fourth-order valence-corrected chi connectivity index (χ4v) is 4.23. The Morgan fingerprint density at radius 1 is 1.06 bits per heavy atom. The highest BCUT2D eigenvalue weighted by Crippen LogP contribution is 2.31. The summed E-state index contributed by atoms with van der Waals surface area (Å²) in [4.78, 5) is 55.6. The van der Waals surface area contributed by atoms with Gasteiger partial charge >= 0.3 is 5.97 Å². The van der Waals surface area contributed by atoms with Crippen LogP contribution >= 0.6 is 22.9 Å². The molecule has 36 heavy (non-hydrogen) atoms. The summed E-state index contributed by atoms with van der Waals surface area (Å²) in [7, 11) is 0. The van der Waals surface area contributed by atoms with Crippen LogP contribution in [0.25, 0.3) is 0 Å². The number of benzene rings is 2. The number of rotatable bonds is 7. The number of thiazole rings is 1. The van der Waals surface area contributed by atoms with Crippen molar-refractivity contribution in [1.82, 2.24) is 4.98 Å². The van der Waals surface area contributed by atoms with Gasteiger partial charge in [0.1, 0.15) is 10.7 Å². The molecule has 1 aliphatic rings. The van der Waals surface area contributed by atoms with Crippen LogP contribution in [0.3, 0.4) is 0 Å². The summed E-state index contributed by atoms with van der Waals surface area (Å²) in [5, 5.41) is 7.60. The lowest BCUT2D eigenvalue weighted by Gasteiger charge is -2.16. The summed E-state index contributed by atoms with van der Waals surface area (Å²) in [5.74, 6) is -2.31. The Bertz CT molecular complexity index is 1400. The van der Waals surface area contributed by atoms with Gasteiger partial charge in [0.05, 0.1) is 23.0 Å². The average Bonchev–Trinajstić information content (AvgIpc) is 3.34. The normalized spacial score (nSPS) is 13.4. The fourth-order valence-electron chi connectivity index (χ4n) is 3.33. The number of hydrogen-bond donors (Lipinski definition) is 2. The molecule has 3 aromatic rings. The molecule has 2 aromatic carbocycles. The Morgan fingerprint density at radius 3 is 2.42 bits per heavy atom. The van der Waals surface area contributed by atoms with E-state index in [1.165, 1.54) is 29.5 Å². The molecule has 0 bridgehead atoms. The maximum Gasteiger partial charge on any atom is 0.338 e. The number of hydrogen-bond acceptors (Lipinski definition) is 8. The number of esters is 1. The molecule has 0 radical (unpaired) electrons. The third-order valence-electron chi connectivity index (χ3n) is 4.97. The van der Waals surface area contributed by atoms with Crippen LogP contribution in [0.4, 0.5) is 16.5 Å². The van der Waals surface area contributed by atoms with Gasteiger partial charge in [-0.1, -0.05) is 17.7 Å². The van der Waals surface area contributed by atoms with Gasteiger partial charge in [0.15, 0.2) is 5.13 Å². The van der Waals surface area contributed by atoms with Gasteiger partial charge in [-0.3, -0.25) is 19.7 Å². The van der Waals surface area contributed by atoms with Gasteiger partial charge in [-0.05, 0) is 63.2 Å². The smallest absolute Gasteiger partial charge is 0.338 e. The van der Waals surface area contributed by atoms with Crippen LogP contribution in [0.2, 0.25) is 0 Å². The first-order valence-corrected chi connectivity index (χ1v) is 12.1. The van der Waals surface area contributed by atoms with Gasteiger partial charge in [-0.25, -0.2) is 14.7 Å². The second-order valence-electron chi connectivity index (χ2n) is 8.09. The van der Waals surface area contributed by atoms with Gasteiger partial charge in [0.25, 0.3) is 17.7 Å². The van der Waals surface area contributed by atoms with Crippen molar-refractivity contribution < 1.29 is 23.9 Å². The van der Waals surface area contributed by atoms with E-state index in [1.807, 2.05) is 12.3 Å². The standard InChI is InChI=1S/C25H21ClN4O5S/c1-13(2)35-24(34)16-5-4-6-18(11-16)30-22(32)19(26)20(23(30)33)28-17-9-7-15(8-10-17)21(31)29-25-27-14(3)12-36-25/h4-13,28H,1-3H3,(H,27,29,31). The monoisotopic (exact) mass is 524 g/mol. The predicted molar refractivity (Wildman–Crippen MR) is 137 cm³/mol.